The second kappa shape index (κ2) is 2.35. The first-order valence-corrected chi connectivity index (χ1v) is 2.44. The van der Waals surface area contributed by atoms with Crippen molar-refractivity contribution in [1.82, 2.24) is 0 Å². The van der Waals surface area contributed by atoms with Crippen LogP contribution in [0.5, 0.6) is 0 Å². The van der Waals surface area contributed by atoms with Crippen LogP contribution in [-0.4, -0.2) is 20.3 Å². The molecule has 0 heterocycles. The molecule has 0 saturated heterocycles. The van der Waals surface area contributed by atoms with Crippen molar-refractivity contribution in [3.05, 3.63) is 0 Å². The molecule has 0 rings (SSSR count). The van der Waals surface area contributed by atoms with Gasteiger partial charge in [-0.1, -0.05) is 0 Å². The van der Waals surface area contributed by atoms with Gasteiger partial charge in [0, 0.05) is 0 Å². The van der Waals surface area contributed by atoms with Crippen molar-refractivity contribution in [3.63, 3.8) is 0 Å². The molecule has 0 fully saturated rings. The van der Waals surface area contributed by atoms with E-state index in [4.69, 9.17) is 10.2 Å². The topological polar surface area (TPSA) is 57.5 Å². The van der Waals surface area contributed by atoms with Gasteiger partial charge in [-0.05, 0) is 22.6 Å². The van der Waals surface area contributed by atoms with Crippen molar-refractivity contribution in [2.45, 2.75) is 4.11 Å². The summed E-state index contributed by atoms with van der Waals surface area (Å²) in [4.78, 5) is 9.44. The maximum atomic E-state index is 9.44. The van der Waals surface area contributed by atoms with Gasteiger partial charge in [0.25, 0.3) is 0 Å². The van der Waals surface area contributed by atoms with Crippen LogP contribution in [-0.2, 0) is 4.79 Å². The Labute approximate surface area is 48.1 Å². The Kier molecular flexibility index (Phi) is 2.42. The smallest absolute Gasteiger partial charge is 0.342 e. The van der Waals surface area contributed by atoms with E-state index in [1.165, 1.54) is 22.6 Å². The molecule has 2 N–H and O–H groups in total. The van der Waals surface area contributed by atoms with Crippen molar-refractivity contribution in [1.29, 1.82) is 0 Å². The fourth-order valence-electron chi connectivity index (χ4n) is 0. The average Bonchev–Trinajstić information content (AvgIpc) is 1.36. The number of hydrogen-bond acceptors (Lipinski definition) is 2. The van der Waals surface area contributed by atoms with E-state index in [9.17, 15) is 4.79 Å². The van der Waals surface area contributed by atoms with Crippen LogP contribution < -0.4 is 0 Å². The van der Waals surface area contributed by atoms with Crippen molar-refractivity contribution < 1.29 is 15.0 Å². The minimum Gasteiger partial charge on any atom is -0.479 e. The highest BCUT2D eigenvalue weighted by molar-refractivity contribution is 14.1. The van der Waals surface area contributed by atoms with Gasteiger partial charge < -0.3 is 10.2 Å². The third-order valence-electron chi connectivity index (χ3n) is 0.204. The lowest BCUT2D eigenvalue weighted by molar-refractivity contribution is -0.141. The van der Waals surface area contributed by atoms with E-state index in [0.29, 0.717) is 0 Å². The Morgan fingerprint density at radius 1 is 1.83 bits per heavy atom. The van der Waals surface area contributed by atoms with Crippen LogP contribution in [0.2, 0.25) is 0 Å². The molecule has 0 amide bonds. The van der Waals surface area contributed by atoms with Gasteiger partial charge in [-0.25, -0.2) is 4.79 Å². The Morgan fingerprint density at radius 2 is 2.00 bits per heavy atom. The number of rotatable bonds is 1. The number of hydrogen-bond donors (Lipinski definition) is 2. The van der Waals surface area contributed by atoms with E-state index in [0.717, 1.165) is 0 Å². The third kappa shape index (κ3) is 2.40. The Bertz CT molecular complexity index is 59.8. The van der Waals surface area contributed by atoms with E-state index in [-0.39, 0.29) is 0 Å². The average molecular weight is 202 g/mol. The van der Waals surface area contributed by atoms with Crippen molar-refractivity contribution in [3.8, 4) is 0 Å². The number of aliphatic carboxylic acids is 1. The third-order valence-corrected chi connectivity index (χ3v) is 0.737. The predicted molar refractivity (Wildman–Crippen MR) is 27.7 cm³/mol. The lowest BCUT2D eigenvalue weighted by Gasteiger charge is -1.86. The van der Waals surface area contributed by atoms with Gasteiger partial charge >= 0.3 is 5.97 Å². The molecule has 0 saturated carbocycles. The Hall–Kier alpha value is 0.160. The lowest BCUT2D eigenvalue weighted by atomic mass is 10.8. The molecule has 0 aromatic rings. The molecule has 0 radical (unpaired) electrons. The molecule has 4 heteroatoms. The molecule has 0 bridgehead atoms. The van der Waals surface area contributed by atoms with Gasteiger partial charge in [0.05, 0.1) is 0 Å². The van der Waals surface area contributed by atoms with Crippen molar-refractivity contribution in [2.75, 3.05) is 0 Å². The molecule has 1 unspecified atom stereocenters. The number of halogens is 1. The summed E-state index contributed by atoms with van der Waals surface area (Å²) >= 11 is 1.39. The number of aliphatic hydroxyl groups is 1. The van der Waals surface area contributed by atoms with Crippen molar-refractivity contribution in [2.24, 2.45) is 0 Å². The SMILES string of the molecule is O=C(O)C(O)I. The first-order valence-electron chi connectivity index (χ1n) is 1.19. The van der Waals surface area contributed by atoms with Gasteiger partial charge in [-0.15, -0.1) is 0 Å². The van der Waals surface area contributed by atoms with E-state index in [1.807, 2.05) is 0 Å². The summed E-state index contributed by atoms with van der Waals surface area (Å²) in [6, 6.07) is 0. The standard InChI is InChI=1S/C2H3IO3/c3-1(4)2(5)6/h1,4H,(H,5,6). The fraction of sp³-hybridized carbons (Fsp3) is 0.500. The lowest BCUT2D eigenvalue weighted by Crippen LogP contribution is -2.09. The van der Waals surface area contributed by atoms with Crippen LogP contribution in [0.25, 0.3) is 0 Å². The summed E-state index contributed by atoms with van der Waals surface area (Å²) < 4.78 is -1.26. The maximum absolute atomic E-state index is 9.44. The van der Waals surface area contributed by atoms with Gasteiger partial charge in [0.2, 0.25) is 4.11 Å². The number of carboxylic acid groups (broad SMARTS) is 1. The monoisotopic (exact) mass is 202 g/mol. The highest BCUT2D eigenvalue weighted by Gasteiger charge is 2.03. The molecule has 0 spiro atoms. The van der Waals surface area contributed by atoms with E-state index < -0.39 is 10.1 Å². The minimum atomic E-state index is -1.26. The fourth-order valence-corrected chi connectivity index (χ4v) is 0. The van der Waals surface area contributed by atoms with Crippen LogP contribution in [0, 0.1) is 0 Å². The van der Waals surface area contributed by atoms with Crippen molar-refractivity contribution >= 4 is 28.6 Å². The summed E-state index contributed by atoms with van der Waals surface area (Å²) in [6.07, 6.45) is 0. The number of alkyl halides is 1. The number of carbonyl (C=O) groups is 1. The highest BCUT2D eigenvalue weighted by Crippen LogP contribution is 1.91. The summed E-state index contributed by atoms with van der Waals surface area (Å²) in [5, 5.41) is 15.8. The first kappa shape index (κ1) is 6.16. The summed E-state index contributed by atoms with van der Waals surface area (Å²) in [7, 11) is 0. The highest BCUT2D eigenvalue weighted by atomic mass is 127. The first-order chi connectivity index (χ1) is 2.64. The molecule has 6 heavy (non-hydrogen) atoms. The zero-order chi connectivity index (χ0) is 5.15. The molecule has 0 aromatic heterocycles. The zero-order valence-corrected chi connectivity index (χ0v) is 4.92. The van der Waals surface area contributed by atoms with E-state index >= 15 is 0 Å². The molecular formula is C2H3IO3. The minimum absolute atomic E-state index is 1.20. The molecule has 0 aliphatic rings. The van der Waals surface area contributed by atoms with Crippen LogP contribution in [0.3, 0.4) is 0 Å². The zero-order valence-electron chi connectivity index (χ0n) is 2.76. The van der Waals surface area contributed by atoms with Gasteiger partial charge in [0.15, 0.2) is 0 Å². The summed E-state index contributed by atoms with van der Waals surface area (Å²) in [5.74, 6) is -1.20. The summed E-state index contributed by atoms with van der Waals surface area (Å²) in [5.41, 5.74) is 0. The Balaban J connectivity index is 3.26. The second-order valence-electron chi connectivity index (χ2n) is 0.674. The summed E-state index contributed by atoms with van der Waals surface area (Å²) in [6.45, 7) is 0. The molecular weight excluding hydrogens is 199 g/mol. The molecule has 0 aliphatic heterocycles. The van der Waals surface area contributed by atoms with Crippen LogP contribution >= 0.6 is 22.6 Å². The molecule has 36 valence electrons. The Morgan fingerprint density at radius 3 is 2.00 bits per heavy atom. The number of carboxylic acids is 1. The molecule has 3 nitrogen and oxygen atoms in total. The van der Waals surface area contributed by atoms with Gasteiger partial charge in [-0.3, -0.25) is 0 Å². The quantitative estimate of drug-likeness (QED) is 0.458. The van der Waals surface area contributed by atoms with E-state index in [2.05, 4.69) is 0 Å². The second-order valence-corrected chi connectivity index (χ2v) is 1.85. The molecule has 1 atom stereocenters. The predicted octanol–water partition coefficient (Wildman–Crippen LogP) is -0.176. The number of aliphatic hydroxyl groups excluding tert-OH is 1. The largest absolute Gasteiger partial charge is 0.479 e. The van der Waals surface area contributed by atoms with Crippen LogP contribution in [0.1, 0.15) is 0 Å². The van der Waals surface area contributed by atoms with Crippen LogP contribution in [0.15, 0.2) is 0 Å². The van der Waals surface area contributed by atoms with Gasteiger partial charge in [0.1, 0.15) is 0 Å². The van der Waals surface area contributed by atoms with Gasteiger partial charge in [-0.2, -0.15) is 0 Å². The van der Waals surface area contributed by atoms with E-state index in [1.54, 1.807) is 0 Å². The molecule has 0 aromatic carbocycles. The normalized spacial score (nSPS) is 13.7. The molecule has 0 aliphatic carbocycles. The van der Waals surface area contributed by atoms with Crippen LogP contribution in [0.4, 0.5) is 0 Å². The maximum Gasteiger partial charge on any atom is 0.342 e.